The van der Waals surface area contributed by atoms with Gasteiger partial charge in [-0.15, -0.1) is 11.3 Å². The van der Waals surface area contributed by atoms with Crippen LogP contribution >= 0.6 is 27.3 Å². The highest BCUT2D eigenvalue weighted by molar-refractivity contribution is 9.10. The Bertz CT molecular complexity index is 906. The summed E-state index contributed by atoms with van der Waals surface area (Å²) in [5, 5.41) is 17.5. The number of thiophene rings is 1. The Kier molecular flexibility index (Phi) is 5.78. The third-order valence-electron chi connectivity index (χ3n) is 5.93. The van der Waals surface area contributed by atoms with Gasteiger partial charge in [0.05, 0.1) is 16.2 Å². The first-order valence-electron chi connectivity index (χ1n) is 9.39. The van der Waals surface area contributed by atoms with Crippen LogP contribution in [0.5, 0.6) is 0 Å². The molecule has 7 heteroatoms. The van der Waals surface area contributed by atoms with E-state index in [1.165, 1.54) is 4.88 Å². The predicted molar refractivity (Wildman–Crippen MR) is 112 cm³/mol. The molecule has 1 aliphatic carbocycles. The van der Waals surface area contributed by atoms with Crippen LogP contribution in [0.2, 0.25) is 0 Å². The molecule has 0 saturated carbocycles. The summed E-state index contributed by atoms with van der Waals surface area (Å²) in [4.78, 5) is 14.1. The van der Waals surface area contributed by atoms with E-state index in [2.05, 4.69) is 53.2 Å². The number of hydrogen-bond acceptors (Lipinski definition) is 4. The van der Waals surface area contributed by atoms with Gasteiger partial charge in [-0.1, -0.05) is 27.2 Å². The van der Waals surface area contributed by atoms with Crippen LogP contribution in [0, 0.1) is 22.7 Å². The molecule has 0 spiro atoms. The Morgan fingerprint density at radius 3 is 2.89 bits per heavy atom. The van der Waals surface area contributed by atoms with Gasteiger partial charge in [0.1, 0.15) is 16.8 Å². The number of nitrogens with one attached hydrogen (secondary N) is 1. The van der Waals surface area contributed by atoms with Crippen LogP contribution in [0.15, 0.2) is 10.7 Å². The molecule has 1 N–H and O–H groups in total. The van der Waals surface area contributed by atoms with Crippen LogP contribution in [-0.4, -0.2) is 15.7 Å². The molecule has 1 atom stereocenters. The summed E-state index contributed by atoms with van der Waals surface area (Å²) in [6.07, 6.45) is 5.76. The zero-order chi connectivity index (χ0) is 19.8. The maximum Gasteiger partial charge on any atom is 0.275 e. The normalized spacial score (nSPS) is 16.7. The van der Waals surface area contributed by atoms with E-state index in [-0.39, 0.29) is 11.3 Å². The van der Waals surface area contributed by atoms with E-state index in [1.54, 1.807) is 22.2 Å². The minimum absolute atomic E-state index is 0.234. The average Bonchev–Trinajstić information content (AvgIpc) is 3.20. The summed E-state index contributed by atoms with van der Waals surface area (Å²) in [5.74, 6) is 0.376. The summed E-state index contributed by atoms with van der Waals surface area (Å²) >= 11 is 4.96. The largest absolute Gasteiger partial charge is 0.311 e. The van der Waals surface area contributed by atoms with Gasteiger partial charge < -0.3 is 5.32 Å². The number of nitrogens with zero attached hydrogens (tertiary/aromatic N) is 3. The van der Waals surface area contributed by atoms with E-state index < -0.39 is 0 Å². The third-order valence-corrected chi connectivity index (χ3v) is 7.68. The number of aromatic nitrogens is 2. The second-order valence-electron chi connectivity index (χ2n) is 7.71. The van der Waals surface area contributed by atoms with Crippen molar-refractivity contribution in [3.8, 4) is 6.07 Å². The van der Waals surface area contributed by atoms with Gasteiger partial charge in [0.2, 0.25) is 0 Å². The molecule has 144 valence electrons. The molecule has 5 nitrogen and oxygen atoms in total. The molecule has 0 fully saturated rings. The number of carbonyl (C=O) groups excluding carboxylic acids is 1. The monoisotopic (exact) mass is 448 g/mol. The van der Waals surface area contributed by atoms with Gasteiger partial charge >= 0.3 is 0 Å². The summed E-state index contributed by atoms with van der Waals surface area (Å²) < 4.78 is 2.31. The Labute approximate surface area is 172 Å². The number of halogens is 1. The van der Waals surface area contributed by atoms with Crippen molar-refractivity contribution in [1.82, 2.24) is 9.78 Å². The van der Waals surface area contributed by atoms with Crippen LogP contribution in [0.4, 0.5) is 5.00 Å². The maximum atomic E-state index is 12.8. The van der Waals surface area contributed by atoms with Crippen molar-refractivity contribution >= 4 is 38.2 Å². The van der Waals surface area contributed by atoms with Gasteiger partial charge in [0.15, 0.2) is 0 Å². The standard InChI is InChI=1S/C20H25BrN4OS/c1-5-20(3,4)12-7-8-13-14(10-22)19(27-16(13)9-12)24-18(26)17-15(21)11-23-25(17)6-2/h11-12H,5-9H2,1-4H3,(H,24,26). The van der Waals surface area contributed by atoms with Crippen molar-refractivity contribution in [2.45, 2.75) is 59.9 Å². The first-order valence-corrected chi connectivity index (χ1v) is 11.0. The fourth-order valence-corrected chi connectivity index (χ4v) is 5.49. The van der Waals surface area contributed by atoms with E-state index >= 15 is 0 Å². The Balaban J connectivity index is 1.89. The molecular weight excluding hydrogens is 424 g/mol. The molecule has 2 heterocycles. The number of carbonyl (C=O) groups is 1. The molecule has 2 aromatic rings. The second kappa shape index (κ2) is 7.76. The summed E-state index contributed by atoms with van der Waals surface area (Å²) in [7, 11) is 0. The Hall–Kier alpha value is -1.65. The molecular formula is C20H25BrN4OS. The maximum absolute atomic E-state index is 12.8. The zero-order valence-electron chi connectivity index (χ0n) is 16.2. The number of nitriles is 1. The molecule has 0 radical (unpaired) electrons. The SMILES string of the molecule is CCn1ncc(Br)c1C(=O)Nc1sc2c(c1C#N)CCC(C(C)(C)CC)C2. The molecule has 0 aromatic carbocycles. The number of aryl methyl sites for hydroxylation is 1. The van der Waals surface area contributed by atoms with E-state index in [0.29, 0.717) is 33.2 Å². The lowest BCUT2D eigenvalue weighted by Crippen LogP contribution is -2.28. The molecule has 3 rings (SSSR count). The van der Waals surface area contributed by atoms with E-state index in [0.717, 1.165) is 31.2 Å². The third kappa shape index (κ3) is 3.70. The molecule has 0 bridgehead atoms. The Morgan fingerprint density at radius 1 is 1.52 bits per heavy atom. The van der Waals surface area contributed by atoms with Crippen LogP contribution in [0.1, 0.15) is 67.0 Å². The van der Waals surface area contributed by atoms with Gasteiger partial charge in [-0.05, 0) is 59.0 Å². The molecule has 27 heavy (non-hydrogen) atoms. The molecule has 1 unspecified atom stereocenters. The van der Waals surface area contributed by atoms with Crippen molar-refractivity contribution in [3.63, 3.8) is 0 Å². The van der Waals surface area contributed by atoms with Gasteiger partial charge in [-0.2, -0.15) is 10.4 Å². The van der Waals surface area contributed by atoms with Crippen molar-refractivity contribution in [2.24, 2.45) is 11.3 Å². The molecule has 0 aliphatic heterocycles. The first-order chi connectivity index (χ1) is 12.8. The predicted octanol–water partition coefficient (Wildman–Crippen LogP) is 5.39. The smallest absolute Gasteiger partial charge is 0.275 e. The fourth-order valence-electron chi connectivity index (χ4n) is 3.74. The molecule has 1 amide bonds. The van der Waals surface area contributed by atoms with E-state index in [9.17, 15) is 10.1 Å². The molecule has 1 aliphatic rings. The first kappa shape index (κ1) is 20.1. The van der Waals surface area contributed by atoms with Gasteiger partial charge in [-0.3, -0.25) is 9.48 Å². The van der Waals surface area contributed by atoms with Crippen molar-refractivity contribution in [3.05, 3.63) is 32.4 Å². The number of anilines is 1. The zero-order valence-corrected chi connectivity index (χ0v) is 18.6. The van der Waals surface area contributed by atoms with Crippen LogP contribution in [0.3, 0.4) is 0 Å². The molecule has 0 saturated heterocycles. The van der Waals surface area contributed by atoms with Crippen LogP contribution < -0.4 is 5.32 Å². The van der Waals surface area contributed by atoms with Crippen molar-refractivity contribution < 1.29 is 4.79 Å². The van der Waals surface area contributed by atoms with Crippen molar-refractivity contribution in [2.75, 3.05) is 5.32 Å². The highest BCUT2D eigenvalue weighted by Crippen LogP contribution is 2.45. The number of fused-ring (bicyclic) bond motifs is 1. The minimum atomic E-state index is -0.234. The summed E-state index contributed by atoms with van der Waals surface area (Å²) in [6, 6.07) is 2.33. The number of hydrogen-bond donors (Lipinski definition) is 1. The lowest BCUT2D eigenvalue weighted by Gasteiger charge is -2.36. The van der Waals surface area contributed by atoms with Crippen LogP contribution in [0.25, 0.3) is 0 Å². The average molecular weight is 449 g/mol. The lowest BCUT2D eigenvalue weighted by molar-refractivity contribution is 0.101. The highest BCUT2D eigenvalue weighted by atomic mass is 79.9. The number of amides is 1. The topological polar surface area (TPSA) is 70.7 Å². The van der Waals surface area contributed by atoms with Crippen molar-refractivity contribution in [1.29, 1.82) is 5.26 Å². The summed E-state index contributed by atoms with van der Waals surface area (Å²) in [5.41, 5.74) is 2.53. The Morgan fingerprint density at radius 2 is 2.26 bits per heavy atom. The highest BCUT2D eigenvalue weighted by Gasteiger charge is 2.34. The van der Waals surface area contributed by atoms with Crippen LogP contribution in [-0.2, 0) is 19.4 Å². The summed E-state index contributed by atoms with van der Waals surface area (Å²) in [6.45, 7) is 9.44. The van der Waals surface area contributed by atoms with E-state index in [1.807, 2.05) is 6.92 Å². The van der Waals surface area contributed by atoms with Gasteiger partial charge in [0.25, 0.3) is 5.91 Å². The van der Waals surface area contributed by atoms with E-state index in [4.69, 9.17) is 0 Å². The van der Waals surface area contributed by atoms with Gasteiger partial charge in [-0.25, -0.2) is 0 Å². The quantitative estimate of drug-likeness (QED) is 0.665. The lowest BCUT2D eigenvalue weighted by atomic mass is 9.69. The molecule has 2 aromatic heterocycles. The fraction of sp³-hybridized carbons (Fsp3) is 0.550. The second-order valence-corrected chi connectivity index (χ2v) is 9.67. The van der Waals surface area contributed by atoms with Gasteiger partial charge in [0, 0.05) is 11.4 Å². The minimum Gasteiger partial charge on any atom is -0.311 e. The number of rotatable bonds is 5.